The molecular weight excluding hydrogens is 405 g/mol. The van der Waals surface area contributed by atoms with Gasteiger partial charge in [0.05, 0.1) is 5.02 Å². The van der Waals surface area contributed by atoms with Crippen LogP contribution >= 0.6 is 35.3 Å². The topological polar surface area (TPSA) is 83.6 Å². The van der Waals surface area contributed by atoms with Crippen LogP contribution in [-0.4, -0.2) is 25.8 Å². The zero-order valence-electron chi connectivity index (χ0n) is 13.7. The first-order valence-electron chi connectivity index (χ1n) is 7.68. The number of rotatable bonds is 4. The van der Waals surface area contributed by atoms with E-state index in [4.69, 9.17) is 11.6 Å². The van der Waals surface area contributed by atoms with Gasteiger partial charge in [0.15, 0.2) is 5.13 Å². The van der Waals surface area contributed by atoms with Crippen molar-refractivity contribution in [3.8, 4) is 22.6 Å². The first-order chi connectivity index (χ1) is 12.7. The van der Waals surface area contributed by atoms with Gasteiger partial charge in [-0.1, -0.05) is 23.7 Å². The lowest BCUT2D eigenvalue weighted by Gasteiger charge is -2.02. The standard InChI is InChI=1S/C18H12ClN5OS.ClH/c19-13-4-2-1-3-12(13)16-22-14(11-5-7-20-8-6-11)15(23-16)17(25)24-18-21-9-10-26-18;/h1-10H,(H,22,23)(H,21,24,25);1H. The highest BCUT2D eigenvalue weighted by atomic mass is 35.5. The van der Waals surface area contributed by atoms with Crippen molar-refractivity contribution >= 4 is 46.4 Å². The summed E-state index contributed by atoms with van der Waals surface area (Å²) in [6, 6.07) is 10.9. The highest BCUT2D eigenvalue weighted by Gasteiger charge is 2.21. The second kappa shape index (κ2) is 8.30. The number of halogens is 2. The Morgan fingerprint density at radius 2 is 1.89 bits per heavy atom. The Balaban J connectivity index is 0.00000210. The van der Waals surface area contributed by atoms with Crippen molar-refractivity contribution in [2.45, 2.75) is 0 Å². The van der Waals surface area contributed by atoms with E-state index in [9.17, 15) is 4.79 Å². The lowest BCUT2D eigenvalue weighted by Crippen LogP contribution is -2.13. The average molecular weight is 418 g/mol. The number of amides is 1. The molecule has 0 spiro atoms. The highest BCUT2D eigenvalue weighted by Crippen LogP contribution is 2.30. The molecule has 0 aliphatic heterocycles. The second-order valence-electron chi connectivity index (χ2n) is 5.32. The van der Waals surface area contributed by atoms with Crippen LogP contribution in [0.2, 0.25) is 5.02 Å². The van der Waals surface area contributed by atoms with Crippen LogP contribution in [0.5, 0.6) is 0 Å². The quantitative estimate of drug-likeness (QED) is 0.493. The predicted molar refractivity (Wildman–Crippen MR) is 110 cm³/mol. The molecule has 1 aromatic carbocycles. The number of nitrogens with one attached hydrogen (secondary N) is 2. The number of hydrogen-bond donors (Lipinski definition) is 2. The number of benzene rings is 1. The molecule has 0 unspecified atom stereocenters. The number of thiazole rings is 1. The minimum Gasteiger partial charge on any atom is -0.333 e. The largest absolute Gasteiger partial charge is 0.333 e. The molecule has 4 rings (SSSR count). The van der Waals surface area contributed by atoms with Gasteiger partial charge >= 0.3 is 0 Å². The number of carbonyl (C=O) groups excluding carboxylic acids is 1. The molecule has 0 aliphatic carbocycles. The molecule has 0 saturated heterocycles. The monoisotopic (exact) mass is 417 g/mol. The van der Waals surface area contributed by atoms with Crippen LogP contribution in [-0.2, 0) is 0 Å². The summed E-state index contributed by atoms with van der Waals surface area (Å²) in [6.07, 6.45) is 4.94. The molecule has 1 amide bonds. The molecular formula is C18H13Cl2N5OS. The van der Waals surface area contributed by atoms with E-state index in [0.29, 0.717) is 27.4 Å². The van der Waals surface area contributed by atoms with Crippen molar-refractivity contribution in [1.82, 2.24) is 19.9 Å². The van der Waals surface area contributed by atoms with Crippen LogP contribution in [0.25, 0.3) is 22.6 Å². The van der Waals surface area contributed by atoms with Gasteiger partial charge in [-0.3, -0.25) is 15.1 Å². The van der Waals surface area contributed by atoms with E-state index in [2.05, 4.69) is 25.3 Å². The molecule has 0 atom stereocenters. The van der Waals surface area contributed by atoms with Crippen LogP contribution < -0.4 is 5.32 Å². The molecule has 9 heteroatoms. The highest BCUT2D eigenvalue weighted by molar-refractivity contribution is 7.13. The van der Waals surface area contributed by atoms with E-state index < -0.39 is 0 Å². The van der Waals surface area contributed by atoms with Crippen LogP contribution in [0.15, 0.2) is 60.4 Å². The number of nitrogens with zero attached hydrogens (tertiary/aromatic N) is 3. The third-order valence-electron chi connectivity index (χ3n) is 3.67. The zero-order chi connectivity index (χ0) is 17.9. The van der Waals surface area contributed by atoms with Gasteiger partial charge in [0.25, 0.3) is 5.91 Å². The third-order valence-corrected chi connectivity index (χ3v) is 4.68. The molecule has 6 nitrogen and oxygen atoms in total. The Morgan fingerprint density at radius 1 is 1.11 bits per heavy atom. The molecule has 0 fully saturated rings. The van der Waals surface area contributed by atoms with Gasteiger partial charge in [0.2, 0.25) is 0 Å². The Labute approximate surface area is 170 Å². The molecule has 0 saturated carbocycles. The number of aromatic amines is 1. The fourth-order valence-corrected chi connectivity index (χ4v) is 3.23. The molecule has 0 radical (unpaired) electrons. The molecule has 136 valence electrons. The van der Waals surface area contributed by atoms with Crippen molar-refractivity contribution in [2.75, 3.05) is 5.32 Å². The van der Waals surface area contributed by atoms with Crippen molar-refractivity contribution in [3.05, 3.63) is 71.1 Å². The van der Waals surface area contributed by atoms with E-state index in [-0.39, 0.29) is 18.3 Å². The summed E-state index contributed by atoms with van der Waals surface area (Å²) in [5, 5.41) is 5.64. The summed E-state index contributed by atoms with van der Waals surface area (Å²) in [5.41, 5.74) is 2.36. The molecule has 0 bridgehead atoms. The van der Waals surface area contributed by atoms with Crippen molar-refractivity contribution in [2.24, 2.45) is 0 Å². The van der Waals surface area contributed by atoms with Crippen LogP contribution in [0.3, 0.4) is 0 Å². The fraction of sp³-hybridized carbons (Fsp3) is 0. The SMILES string of the molecule is Cl.O=C(Nc1nccs1)c1[nH]c(-c2ccccc2Cl)nc1-c1ccncc1. The summed E-state index contributed by atoms with van der Waals surface area (Å²) >= 11 is 7.63. The first kappa shape index (κ1) is 19.0. The maximum atomic E-state index is 12.8. The zero-order valence-corrected chi connectivity index (χ0v) is 16.1. The molecule has 3 aromatic heterocycles. The number of hydrogen-bond acceptors (Lipinski definition) is 5. The number of aromatic nitrogens is 4. The lowest BCUT2D eigenvalue weighted by atomic mass is 10.1. The van der Waals surface area contributed by atoms with Crippen molar-refractivity contribution in [3.63, 3.8) is 0 Å². The second-order valence-corrected chi connectivity index (χ2v) is 6.62. The molecule has 3 heterocycles. The van der Waals surface area contributed by atoms with Gasteiger partial charge in [0, 0.05) is 35.1 Å². The minimum absolute atomic E-state index is 0. The van der Waals surface area contributed by atoms with Gasteiger partial charge < -0.3 is 4.98 Å². The maximum Gasteiger partial charge on any atom is 0.276 e. The Bertz CT molecular complexity index is 1050. The fourth-order valence-electron chi connectivity index (χ4n) is 2.48. The van der Waals surface area contributed by atoms with E-state index in [0.717, 1.165) is 11.1 Å². The molecule has 2 N–H and O–H groups in total. The van der Waals surface area contributed by atoms with E-state index in [1.807, 2.05) is 18.2 Å². The predicted octanol–water partition coefficient (Wildman–Crippen LogP) is 4.92. The number of carbonyl (C=O) groups is 1. The van der Waals surface area contributed by atoms with Gasteiger partial charge in [0.1, 0.15) is 17.2 Å². The Kier molecular flexibility index (Phi) is 5.85. The number of H-pyrrole nitrogens is 1. The van der Waals surface area contributed by atoms with E-state index in [1.54, 1.807) is 42.2 Å². The third kappa shape index (κ3) is 4.00. The summed E-state index contributed by atoms with van der Waals surface area (Å²) in [5.74, 6) is 0.198. The Hall–Kier alpha value is -2.74. The molecule has 27 heavy (non-hydrogen) atoms. The van der Waals surface area contributed by atoms with Crippen LogP contribution in [0.1, 0.15) is 10.5 Å². The number of imidazole rings is 1. The van der Waals surface area contributed by atoms with Crippen LogP contribution in [0, 0.1) is 0 Å². The maximum absolute atomic E-state index is 12.8. The van der Waals surface area contributed by atoms with Gasteiger partial charge in [-0.15, -0.1) is 23.7 Å². The number of pyridine rings is 1. The van der Waals surface area contributed by atoms with Crippen molar-refractivity contribution in [1.29, 1.82) is 0 Å². The minimum atomic E-state index is -0.322. The average Bonchev–Trinajstić information content (AvgIpc) is 3.32. The van der Waals surface area contributed by atoms with Crippen molar-refractivity contribution < 1.29 is 4.79 Å². The van der Waals surface area contributed by atoms with E-state index >= 15 is 0 Å². The smallest absolute Gasteiger partial charge is 0.276 e. The summed E-state index contributed by atoms with van der Waals surface area (Å²) in [6.45, 7) is 0. The summed E-state index contributed by atoms with van der Waals surface area (Å²) in [7, 11) is 0. The summed E-state index contributed by atoms with van der Waals surface area (Å²) in [4.78, 5) is 28.6. The summed E-state index contributed by atoms with van der Waals surface area (Å²) < 4.78 is 0. The normalized spacial score (nSPS) is 10.3. The molecule has 4 aromatic rings. The lowest BCUT2D eigenvalue weighted by molar-refractivity contribution is 0.102. The van der Waals surface area contributed by atoms with Crippen LogP contribution in [0.4, 0.5) is 5.13 Å². The van der Waals surface area contributed by atoms with Gasteiger partial charge in [-0.25, -0.2) is 9.97 Å². The first-order valence-corrected chi connectivity index (χ1v) is 8.94. The number of anilines is 1. The van der Waals surface area contributed by atoms with Gasteiger partial charge in [-0.05, 0) is 24.3 Å². The van der Waals surface area contributed by atoms with E-state index in [1.165, 1.54) is 11.3 Å². The Morgan fingerprint density at radius 3 is 2.59 bits per heavy atom. The molecule has 0 aliphatic rings. The van der Waals surface area contributed by atoms with Gasteiger partial charge in [-0.2, -0.15) is 0 Å².